The SMILES string of the molecule is COC(=O)c1ccccc1N.P. The Morgan fingerprint density at radius 2 is 2.00 bits per heavy atom. The normalized spacial score (nSPS) is 8.42. The fourth-order valence-corrected chi connectivity index (χ4v) is 0.793. The molecule has 4 heteroatoms. The molecule has 1 unspecified atom stereocenters. The second-order valence-corrected chi connectivity index (χ2v) is 2.08. The molecular weight excluding hydrogens is 173 g/mol. The van der Waals surface area contributed by atoms with Crippen molar-refractivity contribution in [3.05, 3.63) is 29.8 Å². The molecule has 0 aliphatic rings. The minimum atomic E-state index is -0.400. The van der Waals surface area contributed by atoms with Crippen molar-refractivity contribution in [3.63, 3.8) is 0 Å². The molecule has 1 aromatic carbocycles. The Balaban J connectivity index is 0.00000121. The molecule has 66 valence electrons. The number of carbonyl (C=O) groups is 1. The highest BCUT2D eigenvalue weighted by atomic mass is 31.0. The molecular formula is C8H12NO2P. The van der Waals surface area contributed by atoms with Crippen LogP contribution in [0.25, 0.3) is 0 Å². The van der Waals surface area contributed by atoms with Gasteiger partial charge < -0.3 is 10.5 Å². The van der Waals surface area contributed by atoms with Crippen molar-refractivity contribution < 1.29 is 9.53 Å². The molecule has 0 heterocycles. The van der Waals surface area contributed by atoms with Crippen molar-refractivity contribution in [3.8, 4) is 0 Å². The number of esters is 1. The van der Waals surface area contributed by atoms with Crippen LogP contribution in [0.4, 0.5) is 5.69 Å². The lowest BCUT2D eigenvalue weighted by Crippen LogP contribution is -2.04. The molecule has 1 aromatic rings. The number of benzene rings is 1. The van der Waals surface area contributed by atoms with Crippen LogP contribution in [0.3, 0.4) is 0 Å². The molecule has 0 spiro atoms. The minimum Gasteiger partial charge on any atom is -0.465 e. The number of hydrogen-bond acceptors (Lipinski definition) is 3. The van der Waals surface area contributed by atoms with Crippen LogP contribution in [0.1, 0.15) is 10.4 Å². The molecule has 3 nitrogen and oxygen atoms in total. The third-order valence-electron chi connectivity index (χ3n) is 1.37. The first-order chi connectivity index (χ1) is 5.25. The molecule has 1 atom stereocenters. The zero-order valence-corrected chi connectivity index (χ0v) is 8.32. The highest BCUT2D eigenvalue weighted by Gasteiger charge is 2.06. The maximum absolute atomic E-state index is 10.9. The van der Waals surface area contributed by atoms with E-state index in [1.54, 1.807) is 24.3 Å². The number of rotatable bonds is 1. The number of nitrogens with two attached hydrogens (primary N) is 1. The van der Waals surface area contributed by atoms with Crippen LogP contribution < -0.4 is 5.73 Å². The van der Waals surface area contributed by atoms with Gasteiger partial charge in [0.05, 0.1) is 12.7 Å². The van der Waals surface area contributed by atoms with Gasteiger partial charge in [0.1, 0.15) is 0 Å². The molecule has 0 saturated carbocycles. The number of nitrogen functional groups attached to an aromatic ring is 1. The second kappa shape index (κ2) is 4.73. The van der Waals surface area contributed by atoms with Crippen molar-refractivity contribution in [2.45, 2.75) is 0 Å². The molecule has 0 aromatic heterocycles. The van der Waals surface area contributed by atoms with E-state index >= 15 is 0 Å². The summed E-state index contributed by atoms with van der Waals surface area (Å²) in [7, 11) is 1.33. The zero-order valence-electron chi connectivity index (χ0n) is 6.91. The van der Waals surface area contributed by atoms with Crippen LogP contribution in [0.15, 0.2) is 24.3 Å². The van der Waals surface area contributed by atoms with E-state index in [1.165, 1.54) is 7.11 Å². The average molecular weight is 185 g/mol. The van der Waals surface area contributed by atoms with Crippen LogP contribution in [0, 0.1) is 0 Å². The van der Waals surface area contributed by atoms with Gasteiger partial charge in [0.15, 0.2) is 0 Å². The Bertz CT molecular complexity index is 276. The maximum Gasteiger partial charge on any atom is 0.339 e. The third kappa shape index (κ3) is 2.21. The summed E-state index contributed by atoms with van der Waals surface area (Å²) in [5, 5.41) is 0. The van der Waals surface area contributed by atoms with E-state index in [0.29, 0.717) is 11.3 Å². The van der Waals surface area contributed by atoms with E-state index < -0.39 is 5.97 Å². The summed E-state index contributed by atoms with van der Waals surface area (Å²) < 4.78 is 4.50. The van der Waals surface area contributed by atoms with Gasteiger partial charge in [0.2, 0.25) is 0 Å². The van der Waals surface area contributed by atoms with Crippen LogP contribution in [-0.2, 0) is 4.74 Å². The summed E-state index contributed by atoms with van der Waals surface area (Å²) in [6.07, 6.45) is 0. The van der Waals surface area contributed by atoms with E-state index in [-0.39, 0.29) is 9.90 Å². The predicted molar refractivity (Wildman–Crippen MR) is 53.3 cm³/mol. The van der Waals surface area contributed by atoms with Crippen LogP contribution in [0.5, 0.6) is 0 Å². The van der Waals surface area contributed by atoms with Crippen molar-refractivity contribution in [1.29, 1.82) is 0 Å². The molecule has 0 amide bonds. The fourth-order valence-electron chi connectivity index (χ4n) is 0.793. The monoisotopic (exact) mass is 185 g/mol. The van der Waals surface area contributed by atoms with E-state index in [2.05, 4.69) is 4.74 Å². The van der Waals surface area contributed by atoms with Gasteiger partial charge in [-0.1, -0.05) is 12.1 Å². The first-order valence-electron chi connectivity index (χ1n) is 3.18. The lowest BCUT2D eigenvalue weighted by molar-refractivity contribution is 0.0602. The molecule has 0 aliphatic heterocycles. The predicted octanol–water partition coefficient (Wildman–Crippen LogP) is 1.11. The smallest absolute Gasteiger partial charge is 0.339 e. The lowest BCUT2D eigenvalue weighted by atomic mass is 10.2. The van der Waals surface area contributed by atoms with Crippen molar-refractivity contribution in [2.75, 3.05) is 12.8 Å². The van der Waals surface area contributed by atoms with Gasteiger partial charge in [-0.2, -0.15) is 9.90 Å². The molecule has 0 fully saturated rings. The molecule has 0 radical (unpaired) electrons. The van der Waals surface area contributed by atoms with E-state index in [9.17, 15) is 4.79 Å². The van der Waals surface area contributed by atoms with Gasteiger partial charge in [-0.05, 0) is 12.1 Å². The van der Waals surface area contributed by atoms with Gasteiger partial charge in [-0.25, -0.2) is 4.79 Å². The first kappa shape index (κ1) is 10.9. The summed E-state index contributed by atoms with van der Waals surface area (Å²) in [6.45, 7) is 0. The van der Waals surface area contributed by atoms with Crippen molar-refractivity contribution >= 4 is 21.6 Å². The summed E-state index contributed by atoms with van der Waals surface area (Å²) in [4.78, 5) is 10.9. The summed E-state index contributed by atoms with van der Waals surface area (Å²) >= 11 is 0. The average Bonchev–Trinajstić information content (AvgIpc) is 2.04. The Morgan fingerprint density at radius 1 is 1.42 bits per heavy atom. The first-order valence-corrected chi connectivity index (χ1v) is 3.18. The van der Waals surface area contributed by atoms with Gasteiger partial charge in [0, 0.05) is 5.69 Å². The van der Waals surface area contributed by atoms with E-state index in [4.69, 9.17) is 5.73 Å². The largest absolute Gasteiger partial charge is 0.465 e. The summed E-state index contributed by atoms with van der Waals surface area (Å²) in [6, 6.07) is 6.79. The lowest BCUT2D eigenvalue weighted by Gasteiger charge is -2.00. The number of methoxy groups -OCH3 is 1. The van der Waals surface area contributed by atoms with Crippen molar-refractivity contribution in [2.24, 2.45) is 0 Å². The van der Waals surface area contributed by atoms with Crippen LogP contribution in [0.2, 0.25) is 0 Å². The Labute approximate surface area is 74.5 Å². The number of carbonyl (C=O) groups excluding carboxylic acids is 1. The minimum absolute atomic E-state index is 0. The zero-order chi connectivity index (χ0) is 8.27. The Morgan fingerprint density at radius 3 is 2.50 bits per heavy atom. The molecule has 0 aliphatic carbocycles. The number of anilines is 1. The molecule has 0 bridgehead atoms. The summed E-state index contributed by atoms with van der Waals surface area (Å²) in [5.41, 5.74) is 6.35. The van der Waals surface area contributed by atoms with Gasteiger partial charge in [-0.15, -0.1) is 0 Å². The van der Waals surface area contributed by atoms with Crippen LogP contribution in [-0.4, -0.2) is 13.1 Å². The van der Waals surface area contributed by atoms with Crippen LogP contribution >= 0.6 is 9.90 Å². The molecule has 2 N–H and O–H groups in total. The fraction of sp³-hybridized carbons (Fsp3) is 0.125. The number of hydrogen-bond donors (Lipinski definition) is 1. The second-order valence-electron chi connectivity index (χ2n) is 2.08. The van der Waals surface area contributed by atoms with Gasteiger partial charge in [0.25, 0.3) is 0 Å². The summed E-state index contributed by atoms with van der Waals surface area (Å²) in [5.74, 6) is -0.400. The topological polar surface area (TPSA) is 52.3 Å². The maximum atomic E-state index is 10.9. The van der Waals surface area contributed by atoms with Gasteiger partial charge >= 0.3 is 5.97 Å². The highest BCUT2D eigenvalue weighted by Crippen LogP contribution is 2.10. The Kier molecular flexibility index (Phi) is 4.30. The van der Waals surface area contributed by atoms with E-state index in [1.807, 2.05) is 0 Å². The quantitative estimate of drug-likeness (QED) is 0.405. The Hall–Kier alpha value is -1.08. The van der Waals surface area contributed by atoms with Crippen molar-refractivity contribution in [1.82, 2.24) is 0 Å². The molecule has 12 heavy (non-hydrogen) atoms. The number of para-hydroxylation sites is 1. The van der Waals surface area contributed by atoms with E-state index in [0.717, 1.165) is 0 Å². The highest BCUT2D eigenvalue weighted by molar-refractivity contribution is 6.92. The number of ether oxygens (including phenoxy) is 1. The standard InChI is InChI=1S/C8H9NO2.H3P/c1-11-8(10)6-4-2-3-5-7(6)9;/h2-5H,9H2,1H3;1H3. The molecule has 0 saturated heterocycles. The third-order valence-corrected chi connectivity index (χ3v) is 1.37. The molecule has 1 rings (SSSR count). The van der Waals surface area contributed by atoms with Gasteiger partial charge in [-0.3, -0.25) is 0 Å².